The monoisotopic (exact) mass is 265 g/mol. The number of aliphatic carboxylic acids is 1. The summed E-state index contributed by atoms with van der Waals surface area (Å²) in [5.74, 6) is -1.96. The molecule has 0 heterocycles. The summed E-state index contributed by atoms with van der Waals surface area (Å²) < 4.78 is 0. The van der Waals surface area contributed by atoms with Crippen molar-refractivity contribution in [2.75, 3.05) is 5.32 Å². The van der Waals surface area contributed by atoms with E-state index in [1.807, 2.05) is 0 Å². The van der Waals surface area contributed by atoms with E-state index in [1.165, 1.54) is 24.3 Å². The van der Waals surface area contributed by atoms with Crippen molar-refractivity contribution in [1.82, 2.24) is 0 Å². The van der Waals surface area contributed by atoms with Gasteiger partial charge in [-0.05, 0) is 18.4 Å². The fourth-order valence-electron chi connectivity index (χ4n) is 1.58. The lowest BCUT2D eigenvalue weighted by atomic mass is 10.0. The Kier molecular flexibility index (Phi) is 4.99. The molecule has 0 aliphatic rings. The molecule has 1 rings (SSSR count). The number of rotatable bonds is 6. The third kappa shape index (κ3) is 5.15. The number of nitrogens with one attached hydrogen (secondary N) is 1. The van der Waals surface area contributed by atoms with Gasteiger partial charge in [0.1, 0.15) is 0 Å². The molecule has 1 aromatic rings. The number of nitro groups is 1. The van der Waals surface area contributed by atoms with Gasteiger partial charge in [-0.3, -0.25) is 14.9 Å². The summed E-state index contributed by atoms with van der Waals surface area (Å²) in [6, 6.07) is 5.53. The highest BCUT2D eigenvalue weighted by atomic mass is 16.6. The van der Waals surface area contributed by atoms with Crippen molar-refractivity contribution >= 4 is 23.3 Å². The summed E-state index contributed by atoms with van der Waals surface area (Å²) in [6.45, 7) is 1.61. The minimum absolute atomic E-state index is 0.0106. The quantitative estimate of drug-likeness (QED) is 0.601. The molecule has 102 valence electrons. The van der Waals surface area contributed by atoms with Gasteiger partial charge in [0.2, 0.25) is 5.91 Å². The fourth-order valence-corrected chi connectivity index (χ4v) is 1.58. The molecule has 0 aromatic heterocycles. The lowest BCUT2D eigenvalue weighted by Crippen LogP contribution is -2.26. The number of amides is 1. The lowest BCUT2D eigenvalue weighted by molar-refractivity contribution is -0.384. The maximum Gasteiger partial charge on any atom is 0.271 e. The third-order valence-corrected chi connectivity index (χ3v) is 2.39. The summed E-state index contributed by atoms with van der Waals surface area (Å²) in [5, 5.41) is 23.4. The topological polar surface area (TPSA) is 112 Å². The van der Waals surface area contributed by atoms with E-state index in [1.54, 1.807) is 6.92 Å². The fraction of sp³-hybridized carbons (Fsp3) is 0.333. The number of anilines is 1. The number of hydrogen-bond donors (Lipinski definition) is 1. The van der Waals surface area contributed by atoms with Crippen molar-refractivity contribution in [3.8, 4) is 0 Å². The van der Waals surface area contributed by atoms with Gasteiger partial charge in [-0.2, -0.15) is 0 Å². The zero-order valence-electron chi connectivity index (χ0n) is 10.3. The van der Waals surface area contributed by atoms with Crippen LogP contribution in [0.4, 0.5) is 11.4 Å². The number of hydrogen-bond acceptors (Lipinski definition) is 5. The molecule has 0 spiro atoms. The Balaban J connectivity index is 2.59. The van der Waals surface area contributed by atoms with Gasteiger partial charge < -0.3 is 15.2 Å². The predicted molar refractivity (Wildman–Crippen MR) is 65.1 cm³/mol. The molecule has 1 aromatic carbocycles. The number of carboxylic acid groups (broad SMARTS) is 1. The summed E-state index contributed by atoms with van der Waals surface area (Å²) in [7, 11) is 0. The maximum absolute atomic E-state index is 11.6. The summed E-state index contributed by atoms with van der Waals surface area (Å²) >= 11 is 0. The van der Waals surface area contributed by atoms with Crippen LogP contribution in [0, 0.1) is 16.0 Å². The first-order valence-corrected chi connectivity index (χ1v) is 5.62. The van der Waals surface area contributed by atoms with E-state index in [2.05, 4.69) is 5.32 Å². The van der Waals surface area contributed by atoms with Crippen LogP contribution in [0.25, 0.3) is 0 Å². The Morgan fingerprint density at radius 3 is 2.63 bits per heavy atom. The number of non-ortho nitro benzene ring substituents is 1. The molecule has 0 unspecified atom stereocenters. The first-order chi connectivity index (χ1) is 8.88. The van der Waals surface area contributed by atoms with Crippen molar-refractivity contribution in [1.29, 1.82) is 0 Å². The molecule has 0 radical (unpaired) electrons. The molecular formula is C12H13N2O5-. The van der Waals surface area contributed by atoms with E-state index in [0.29, 0.717) is 5.69 Å². The Hall–Kier alpha value is -2.44. The molecular weight excluding hydrogens is 252 g/mol. The Labute approximate surface area is 109 Å². The Bertz CT molecular complexity index is 501. The number of carbonyl (C=O) groups excluding carboxylic acids is 2. The number of carboxylic acids is 1. The first kappa shape index (κ1) is 14.6. The van der Waals surface area contributed by atoms with E-state index in [4.69, 9.17) is 0 Å². The van der Waals surface area contributed by atoms with Gasteiger partial charge in [0.15, 0.2) is 0 Å². The highest BCUT2D eigenvalue weighted by Crippen LogP contribution is 2.18. The molecule has 0 fully saturated rings. The normalized spacial score (nSPS) is 11.6. The van der Waals surface area contributed by atoms with Crippen LogP contribution in [0.3, 0.4) is 0 Å². The van der Waals surface area contributed by atoms with Gasteiger partial charge in [-0.25, -0.2) is 0 Å². The van der Waals surface area contributed by atoms with Crippen LogP contribution < -0.4 is 10.4 Å². The lowest BCUT2D eigenvalue weighted by Gasteiger charge is -2.11. The number of nitro benzene ring substituents is 1. The number of nitrogens with zero attached hydrogens (tertiary/aromatic N) is 1. The van der Waals surface area contributed by atoms with E-state index in [0.717, 1.165) is 0 Å². The summed E-state index contributed by atoms with van der Waals surface area (Å²) in [4.78, 5) is 31.9. The van der Waals surface area contributed by atoms with Gasteiger partial charge >= 0.3 is 0 Å². The van der Waals surface area contributed by atoms with Gasteiger partial charge in [0.05, 0.1) is 4.92 Å². The van der Waals surface area contributed by atoms with Crippen LogP contribution in [0.1, 0.15) is 19.8 Å². The molecule has 1 amide bonds. The minimum Gasteiger partial charge on any atom is -0.550 e. The van der Waals surface area contributed by atoms with Crippen LogP contribution in [-0.2, 0) is 9.59 Å². The van der Waals surface area contributed by atoms with E-state index in [9.17, 15) is 24.8 Å². The van der Waals surface area contributed by atoms with E-state index < -0.39 is 16.8 Å². The molecule has 1 atom stereocenters. The molecule has 0 saturated carbocycles. The van der Waals surface area contributed by atoms with Gasteiger partial charge in [-0.15, -0.1) is 0 Å². The molecule has 0 aliphatic heterocycles. The molecule has 7 heteroatoms. The van der Waals surface area contributed by atoms with Gasteiger partial charge in [0.25, 0.3) is 5.69 Å². The second-order valence-corrected chi connectivity index (χ2v) is 4.24. The zero-order valence-corrected chi connectivity index (χ0v) is 10.3. The number of benzene rings is 1. The second kappa shape index (κ2) is 6.48. The van der Waals surface area contributed by atoms with E-state index in [-0.39, 0.29) is 24.4 Å². The SMILES string of the molecule is C[C@H](CC(=O)[O-])CC(=O)Nc1cccc([N+](=O)[O-])c1. The van der Waals surface area contributed by atoms with Crippen LogP contribution in [0.15, 0.2) is 24.3 Å². The van der Waals surface area contributed by atoms with Gasteiger partial charge in [0, 0.05) is 30.2 Å². The van der Waals surface area contributed by atoms with Crippen LogP contribution in [0.2, 0.25) is 0 Å². The predicted octanol–water partition coefficient (Wildman–Crippen LogP) is 0.699. The highest BCUT2D eigenvalue weighted by molar-refractivity contribution is 5.91. The van der Waals surface area contributed by atoms with Crippen LogP contribution >= 0.6 is 0 Å². The average Bonchev–Trinajstić information content (AvgIpc) is 2.27. The Morgan fingerprint density at radius 2 is 2.05 bits per heavy atom. The first-order valence-electron chi connectivity index (χ1n) is 5.62. The smallest absolute Gasteiger partial charge is 0.271 e. The molecule has 0 aliphatic carbocycles. The van der Waals surface area contributed by atoms with E-state index >= 15 is 0 Å². The van der Waals surface area contributed by atoms with Gasteiger partial charge in [-0.1, -0.05) is 13.0 Å². The van der Waals surface area contributed by atoms with Crippen molar-refractivity contribution in [3.05, 3.63) is 34.4 Å². The molecule has 19 heavy (non-hydrogen) atoms. The molecule has 7 nitrogen and oxygen atoms in total. The third-order valence-electron chi connectivity index (χ3n) is 2.39. The second-order valence-electron chi connectivity index (χ2n) is 4.24. The van der Waals surface area contributed by atoms with Crippen molar-refractivity contribution in [2.24, 2.45) is 5.92 Å². The van der Waals surface area contributed by atoms with Crippen molar-refractivity contribution in [2.45, 2.75) is 19.8 Å². The zero-order chi connectivity index (χ0) is 14.4. The maximum atomic E-state index is 11.6. The largest absolute Gasteiger partial charge is 0.550 e. The minimum atomic E-state index is -1.21. The van der Waals surface area contributed by atoms with Crippen molar-refractivity contribution < 1.29 is 19.6 Å². The average molecular weight is 265 g/mol. The highest BCUT2D eigenvalue weighted by Gasteiger charge is 2.11. The summed E-state index contributed by atoms with van der Waals surface area (Å²) in [6.07, 6.45) is -0.195. The number of carbonyl (C=O) groups is 2. The molecule has 0 bridgehead atoms. The summed E-state index contributed by atoms with van der Waals surface area (Å²) in [5.41, 5.74) is 0.181. The Morgan fingerprint density at radius 1 is 1.37 bits per heavy atom. The molecule has 1 N–H and O–H groups in total. The van der Waals surface area contributed by atoms with Crippen molar-refractivity contribution in [3.63, 3.8) is 0 Å². The van der Waals surface area contributed by atoms with Crippen LogP contribution in [0.5, 0.6) is 0 Å². The standard InChI is InChI=1S/C12H14N2O5/c1-8(6-12(16)17)5-11(15)13-9-3-2-4-10(7-9)14(18)19/h2-4,7-8H,5-6H2,1H3,(H,13,15)(H,16,17)/p-1/t8-/m0/s1. The molecule has 0 saturated heterocycles. The van der Waals surface area contributed by atoms with Crippen LogP contribution in [-0.4, -0.2) is 16.8 Å².